The fraction of sp³-hybridized carbons (Fsp3) is 0.350. The van der Waals surface area contributed by atoms with Crippen molar-refractivity contribution < 1.29 is 17.4 Å². The SMILES string of the molecule is CC(=O)N1CCCc2cc(S(=O)(=O)Oc3c(C)cc(C)cc3C)ccc21. The molecular formula is C20H23NO4S. The maximum atomic E-state index is 12.8. The zero-order valence-electron chi connectivity index (χ0n) is 15.5. The molecule has 1 aliphatic rings. The molecule has 1 amide bonds. The van der Waals surface area contributed by atoms with Crippen LogP contribution in [0.25, 0.3) is 0 Å². The molecule has 0 N–H and O–H groups in total. The fourth-order valence-electron chi connectivity index (χ4n) is 3.51. The Labute approximate surface area is 154 Å². The second kappa shape index (κ2) is 6.76. The van der Waals surface area contributed by atoms with E-state index in [1.807, 2.05) is 32.9 Å². The third kappa shape index (κ3) is 3.46. The molecule has 0 bridgehead atoms. The Hall–Kier alpha value is -2.34. The summed E-state index contributed by atoms with van der Waals surface area (Å²) in [7, 11) is -3.95. The van der Waals surface area contributed by atoms with Crippen molar-refractivity contribution in [3.8, 4) is 5.75 Å². The predicted molar refractivity (Wildman–Crippen MR) is 101 cm³/mol. The highest BCUT2D eigenvalue weighted by Crippen LogP contribution is 2.32. The van der Waals surface area contributed by atoms with Crippen LogP contribution in [-0.4, -0.2) is 20.9 Å². The van der Waals surface area contributed by atoms with E-state index in [1.165, 1.54) is 13.0 Å². The van der Waals surface area contributed by atoms with Gasteiger partial charge in [-0.1, -0.05) is 17.7 Å². The Morgan fingerprint density at radius 3 is 2.35 bits per heavy atom. The number of rotatable bonds is 3. The van der Waals surface area contributed by atoms with Gasteiger partial charge in [-0.15, -0.1) is 0 Å². The summed E-state index contributed by atoms with van der Waals surface area (Å²) in [4.78, 5) is 13.6. The smallest absolute Gasteiger partial charge is 0.339 e. The second-order valence-electron chi connectivity index (χ2n) is 6.83. The van der Waals surface area contributed by atoms with Crippen LogP contribution in [0.5, 0.6) is 5.75 Å². The lowest BCUT2D eigenvalue weighted by molar-refractivity contribution is -0.116. The van der Waals surface area contributed by atoms with E-state index in [1.54, 1.807) is 17.0 Å². The Morgan fingerprint density at radius 1 is 1.08 bits per heavy atom. The number of benzene rings is 2. The lowest BCUT2D eigenvalue weighted by Gasteiger charge is -2.28. The second-order valence-corrected chi connectivity index (χ2v) is 8.38. The van der Waals surface area contributed by atoms with Crippen LogP contribution in [0.2, 0.25) is 0 Å². The third-order valence-electron chi connectivity index (χ3n) is 4.64. The number of fused-ring (bicyclic) bond motifs is 1. The number of carbonyl (C=O) groups excluding carboxylic acids is 1. The van der Waals surface area contributed by atoms with E-state index in [2.05, 4.69) is 0 Å². The van der Waals surface area contributed by atoms with Crippen LogP contribution in [0.15, 0.2) is 35.2 Å². The molecule has 0 aliphatic carbocycles. The highest BCUT2D eigenvalue weighted by Gasteiger charge is 2.25. The van der Waals surface area contributed by atoms with Gasteiger partial charge in [-0.2, -0.15) is 8.42 Å². The standard InChI is InChI=1S/C20H23NO4S/c1-13-10-14(2)20(15(3)11-13)25-26(23,24)18-7-8-19-17(12-18)6-5-9-21(19)16(4)22/h7-8,10-12H,5-6,9H2,1-4H3. The summed E-state index contributed by atoms with van der Waals surface area (Å²) >= 11 is 0. The van der Waals surface area contributed by atoms with Crippen LogP contribution in [0.4, 0.5) is 5.69 Å². The van der Waals surface area contributed by atoms with Crippen molar-refractivity contribution in [1.82, 2.24) is 0 Å². The molecule has 1 aliphatic heterocycles. The molecule has 0 fully saturated rings. The molecule has 6 heteroatoms. The summed E-state index contributed by atoms with van der Waals surface area (Å²) in [6, 6.07) is 8.62. The summed E-state index contributed by atoms with van der Waals surface area (Å²) in [5, 5.41) is 0. The van der Waals surface area contributed by atoms with Gasteiger partial charge in [0, 0.05) is 19.2 Å². The van der Waals surface area contributed by atoms with Crippen LogP contribution < -0.4 is 9.08 Å². The molecule has 3 rings (SSSR count). The topological polar surface area (TPSA) is 63.7 Å². The lowest BCUT2D eigenvalue weighted by atomic mass is 10.0. The number of carbonyl (C=O) groups is 1. The van der Waals surface area contributed by atoms with E-state index in [9.17, 15) is 13.2 Å². The highest BCUT2D eigenvalue weighted by atomic mass is 32.2. The Morgan fingerprint density at radius 2 is 1.73 bits per heavy atom. The van der Waals surface area contributed by atoms with Gasteiger partial charge >= 0.3 is 10.1 Å². The molecule has 0 atom stereocenters. The summed E-state index contributed by atoms with van der Waals surface area (Å²) in [5.74, 6) is 0.336. The number of hydrogen-bond donors (Lipinski definition) is 0. The van der Waals surface area contributed by atoms with Gasteiger partial charge in [0.2, 0.25) is 5.91 Å². The molecule has 1 heterocycles. The molecule has 138 valence electrons. The van der Waals surface area contributed by atoms with Crippen LogP contribution in [0.3, 0.4) is 0 Å². The van der Waals surface area contributed by atoms with E-state index in [0.717, 1.165) is 40.8 Å². The van der Waals surface area contributed by atoms with Crippen molar-refractivity contribution in [2.24, 2.45) is 0 Å². The van der Waals surface area contributed by atoms with Crippen molar-refractivity contribution in [3.63, 3.8) is 0 Å². The number of aryl methyl sites for hydroxylation is 4. The summed E-state index contributed by atoms with van der Waals surface area (Å²) < 4.78 is 31.0. The van der Waals surface area contributed by atoms with E-state index in [-0.39, 0.29) is 10.8 Å². The van der Waals surface area contributed by atoms with Gasteiger partial charge in [-0.25, -0.2) is 0 Å². The minimum atomic E-state index is -3.95. The van der Waals surface area contributed by atoms with Crippen LogP contribution in [-0.2, 0) is 21.3 Å². The molecule has 0 saturated heterocycles. The summed E-state index contributed by atoms with van der Waals surface area (Å²) in [6.45, 7) is 7.81. The van der Waals surface area contributed by atoms with Gasteiger partial charge in [0.25, 0.3) is 0 Å². The van der Waals surface area contributed by atoms with Crippen molar-refractivity contribution in [3.05, 3.63) is 52.6 Å². The minimum Gasteiger partial charge on any atom is -0.378 e. The Kier molecular flexibility index (Phi) is 4.80. The lowest BCUT2D eigenvalue weighted by Crippen LogP contribution is -2.33. The average Bonchev–Trinajstić information content (AvgIpc) is 2.57. The minimum absolute atomic E-state index is 0.0382. The fourth-order valence-corrected chi connectivity index (χ4v) is 4.61. The van der Waals surface area contributed by atoms with E-state index >= 15 is 0 Å². The van der Waals surface area contributed by atoms with Crippen molar-refractivity contribution in [2.45, 2.75) is 45.4 Å². The van der Waals surface area contributed by atoms with E-state index in [4.69, 9.17) is 4.18 Å². The number of amides is 1. The zero-order chi connectivity index (χ0) is 19.1. The summed E-state index contributed by atoms with van der Waals surface area (Å²) in [6.07, 6.45) is 1.55. The first-order chi connectivity index (χ1) is 12.2. The largest absolute Gasteiger partial charge is 0.378 e. The van der Waals surface area contributed by atoms with Gasteiger partial charge in [0.1, 0.15) is 10.6 Å². The zero-order valence-corrected chi connectivity index (χ0v) is 16.3. The molecule has 0 spiro atoms. The normalized spacial score (nSPS) is 14.1. The monoisotopic (exact) mass is 373 g/mol. The van der Waals surface area contributed by atoms with Crippen molar-refractivity contribution >= 4 is 21.7 Å². The highest BCUT2D eigenvalue weighted by molar-refractivity contribution is 7.87. The van der Waals surface area contributed by atoms with E-state index in [0.29, 0.717) is 12.3 Å². The quantitative estimate of drug-likeness (QED) is 0.770. The predicted octanol–water partition coefficient (Wildman–Crippen LogP) is 3.68. The number of nitrogens with zero attached hydrogens (tertiary/aromatic N) is 1. The Balaban J connectivity index is 1.97. The first-order valence-corrected chi connectivity index (χ1v) is 10.0. The molecule has 0 saturated carbocycles. The van der Waals surface area contributed by atoms with Crippen LogP contribution in [0, 0.1) is 20.8 Å². The maximum Gasteiger partial charge on any atom is 0.339 e. The van der Waals surface area contributed by atoms with Crippen LogP contribution in [0.1, 0.15) is 35.6 Å². The van der Waals surface area contributed by atoms with Crippen molar-refractivity contribution in [2.75, 3.05) is 11.4 Å². The molecule has 2 aromatic carbocycles. The molecular weight excluding hydrogens is 350 g/mol. The summed E-state index contributed by atoms with van der Waals surface area (Å²) in [5.41, 5.74) is 4.26. The van der Waals surface area contributed by atoms with Gasteiger partial charge in [0.05, 0.1) is 0 Å². The first-order valence-electron chi connectivity index (χ1n) is 8.62. The van der Waals surface area contributed by atoms with Gasteiger partial charge in [0.15, 0.2) is 0 Å². The third-order valence-corrected chi connectivity index (χ3v) is 5.85. The Bertz CT molecular complexity index is 956. The molecule has 2 aromatic rings. The molecule has 0 unspecified atom stereocenters. The number of hydrogen-bond acceptors (Lipinski definition) is 4. The maximum absolute atomic E-state index is 12.8. The van der Waals surface area contributed by atoms with Crippen LogP contribution >= 0.6 is 0 Å². The molecule has 5 nitrogen and oxygen atoms in total. The average molecular weight is 373 g/mol. The van der Waals surface area contributed by atoms with Gasteiger partial charge < -0.3 is 9.08 Å². The number of anilines is 1. The van der Waals surface area contributed by atoms with Crippen molar-refractivity contribution in [1.29, 1.82) is 0 Å². The molecule has 0 aromatic heterocycles. The van der Waals surface area contributed by atoms with E-state index < -0.39 is 10.1 Å². The van der Waals surface area contributed by atoms with Gasteiger partial charge in [-0.05, 0) is 68.5 Å². The van der Waals surface area contributed by atoms with Gasteiger partial charge in [-0.3, -0.25) is 4.79 Å². The first kappa shape index (κ1) is 18.5. The molecule has 26 heavy (non-hydrogen) atoms. The molecule has 0 radical (unpaired) electrons.